The summed E-state index contributed by atoms with van der Waals surface area (Å²) in [6.07, 6.45) is 0. The lowest BCUT2D eigenvalue weighted by Gasteiger charge is -2.07. The number of halogens is 2. The number of aromatic hydroxyl groups is 2. The number of hydrogen-bond donors (Lipinski definition) is 2. The molecule has 0 bridgehead atoms. The van der Waals surface area contributed by atoms with E-state index in [0.29, 0.717) is 15.6 Å². The topological polar surface area (TPSA) is 66.8 Å². The predicted molar refractivity (Wildman–Crippen MR) is 75.4 cm³/mol. The molecule has 0 aliphatic rings. The Balaban J connectivity index is 2.06. The molecule has 104 valence electrons. The average molecular weight is 313 g/mol. The van der Waals surface area contributed by atoms with Crippen molar-refractivity contribution in [1.82, 2.24) is 0 Å². The lowest BCUT2D eigenvalue weighted by atomic mass is 10.2. The Hall–Kier alpha value is -1.91. The van der Waals surface area contributed by atoms with Crippen LogP contribution in [0, 0.1) is 0 Å². The van der Waals surface area contributed by atoms with Crippen molar-refractivity contribution in [2.45, 2.75) is 6.61 Å². The average Bonchev–Trinajstić information content (AvgIpc) is 2.40. The summed E-state index contributed by atoms with van der Waals surface area (Å²) in [5.41, 5.74) is 0.647. The van der Waals surface area contributed by atoms with E-state index in [0.717, 1.165) is 6.07 Å². The van der Waals surface area contributed by atoms with E-state index in [1.54, 1.807) is 18.2 Å². The second kappa shape index (κ2) is 6.03. The van der Waals surface area contributed by atoms with Gasteiger partial charge in [-0.25, -0.2) is 4.79 Å². The molecule has 0 aliphatic heterocycles. The molecule has 0 spiro atoms. The third-order valence-corrected chi connectivity index (χ3v) is 3.29. The summed E-state index contributed by atoms with van der Waals surface area (Å²) in [5, 5.41) is 19.5. The van der Waals surface area contributed by atoms with Crippen LogP contribution in [0.15, 0.2) is 36.4 Å². The van der Waals surface area contributed by atoms with Crippen molar-refractivity contribution in [1.29, 1.82) is 0 Å². The lowest BCUT2D eigenvalue weighted by Crippen LogP contribution is -2.05. The third kappa shape index (κ3) is 3.35. The molecule has 0 saturated carbocycles. The van der Waals surface area contributed by atoms with Crippen molar-refractivity contribution in [3.63, 3.8) is 0 Å². The van der Waals surface area contributed by atoms with Gasteiger partial charge in [0.15, 0.2) is 0 Å². The summed E-state index contributed by atoms with van der Waals surface area (Å²) in [7, 11) is 0. The minimum Gasteiger partial charge on any atom is -0.508 e. The van der Waals surface area contributed by atoms with Gasteiger partial charge in [-0.3, -0.25) is 0 Å². The molecule has 0 aliphatic carbocycles. The summed E-state index contributed by atoms with van der Waals surface area (Å²) in [5.74, 6) is -1.18. The zero-order valence-electron chi connectivity index (χ0n) is 10.1. The second-order valence-corrected chi connectivity index (χ2v) is 4.84. The molecule has 0 aromatic heterocycles. The molecule has 6 heteroatoms. The third-order valence-electron chi connectivity index (χ3n) is 2.56. The fourth-order valence-corrected chi connectivity index (χ4v) is 1.87. The summed E-state index contributed by atoms with van der Waals surface area (Å²) < 4.78 is 5.05. The number of esters is 1. The van der Waals surface area contributed by atoms with Gasteiger partial charge in [-0.1, -0.05) is 29.3 Å². The van der Waals surface area contributed by atoms with Crippen molar-refractivity contribution in [2.24, 2.45) is 0 Å². The Morgan fingerprint density at radius 1 is 1.05 bits per heavy atom. The minimum atomic E-state index is -0.700. The summed E-state index contributed by atoms with van der Waals surface area (Å²) in [6.45, 7) is -0.00393. The SMILES string of the molecule is O=C(OCc1ccc(Cl)c(Cl)c1)c1ccc(O)cc1O. The Kier molecular flexibility index (Phi) is 4.37. The molecule has 2 N–H and O–H groups in total. The van der Waals surface area contributed by atoms with E-state index in [9.17, 15) is 9.90 Å². The van der Waals surface area contributed by atoms with Gasteiger partial charge in [0.2, 0.25) is 0 Å². The molecule has 0 fully saturated rings. The van der Waals surface area contributed by atoms with Gasteiger partial charge in [0, 0.05) is 6.07 Å². The van der Waals surface area contributed by atoms with Crippen molar-refractivity contribution in [3.05, 3.63) is 57.6 Å². The van der Waals surface area contributed by atoms with Gasteiger partial charge in [-0.15, -0.1) is 0 Å². The van der Waals surface area contributed by atoms with Crippen LogP contribution in [0.3, 0.4) is 0 Å². The Bertz CT molecular complexity index is 656. The second-order valence-electron chi connectivity index (χ2n) is 4.03. The zero-order chi connectivity index (χ0) is 14.7. The van der Waals surface area contributed by atoms with Crippen LogP contribution in [-0.4, -0.2) is 16.2 Å². The molecule has 2 rings (SSSR count). The van der Waals surface area contributed by atoms with Crippen molar-refractivity contribution in [2.75, 3.05) is 0 Å². The van der Waals surface area contributed by atoms with Crippen molar-refractivity contribution >= 4 is 29.2 Å². The Labute approximate surface area is 125 Å². The van der Waals surface area contributed by atoms with Crippen LogP contribution in [-0.2, 0) is 11.3 Å². The summed E-state index contributed by atoms with van der Waals surface area (Å²) in [4.78, 5) is 11.8. The maximum atomic E-state index is 11.8. The molecule has 20 heavy (non-hydrogen) atoms. The lowest BCUT2D eigenvalue weighted by molar-refractivity contribution is 0.0469. The molecule has 4 nitrogen and oxygen atoms in total. The first-order valence-corrected chi connectivity index (χ1v) is 6.36. The number of carbonyl (C=O) groups excluding carboxylic acids is 1. The van der Waals surface area contributed by atoms with Crippen LogP contribution in [0.5, 0.6) is 11.5 Å². The van der Waals surface area contributed by atoms with E-state index in [4.69, 9.17) is 33.0 Å². The molecular formula is C14H10Cl2O4. The van der Waals surface area contributed by atoms with E-state index >= 15 is 0 Å². The maximum absolute atomic E-state index is 11.8. The highest BCUT2D eigenvalue weighted by Crippen LogP contribution is 2.25. The normalized spacial score (nSPS) is 10.3. The van der Waals surface area contributed by atoms with Crippen LogP contribution >= 0.6 is 23.2 Å². The first-order chi connectivity index (χ1) is 9.47. The predicted octanol–water partition coefficient (Wildman–Crippen LogP) is 3.76. The first-order valence-electron chi connectivity index (χ1n) is 5.60. The molecule has 0 heterocycles. The van der Waals surface area contributed by atoms with Gasteiger partial charge < -0.3 is 14.9 Å². The molecule has 0 unspecified atom stereocenters. The first kappa shape index (κ1) is 14.5. The van der Waals surface area contributed by atoms with Gasteiger partial charge >= 0.3 is 5.97 Å². The maximum Gasteiger partial charge on any atom is 0.342 e. The quantitative estimate of drug-likeness (QED) is 0.847. The highest BCUT2D eigenvalue weighted by atomic mass is 35.5. The van der Waals surface area contributed by atoms with Gasteiger partial charge in [0.1, 0.15) is 23.7 Å². The van der Waals surface area contributed by atoms with Gasteiger partial charge in [0.25, 0.3) is 0 Å². The largest absolute Gasteiger partial charge is 0.508 e. The number of phenolic OH excluding ortho intramolecular Hbond substituents is 2. The minimum absolute atomic E-state index is 0.00393. The Morgan fingerprint density at radius 3 is 2.45 bits per heavy atom. The molecule has 2 aromatic rings. The summed E-state index contributed by atoms with van der Waals surface area (Å²) in [6, 6.07) is 8.50. The zero-order valence-corrected chi connectivity index (χ0v) is 11.6. The van der Waals surface area contributed by atoms with Crippen LogP contribution in [0.25, 0.3) is 0 Å². The van der Waals surface area contributed by atoms with E-state index in [1.165, 1.54) is 12.1 Å². The van der Waals surface area contributed by atoms with Crippen LogP contribution in [0.2, 0.25) is 10.0 Å². The highest BCUT2D eigenvalue weighted by Gasteiger charge is 2.13. The van der Waals surface area contributed by atoms with Crippen LogP contribution in [0.4, 0.5) is 0 Å². The standard InChI is InChI=1S/C14H10Cl2O4/c15-11-4-1-8(5-12(11)16)7-20-14(19)10-3-2-9(17)6-13(10)18/h1-6,17-18H,7H2. The number of phenols is 2. The number of ether oxygens (including phenoxy) is 1. The molecular weight excluding hydrogens is 303 g/mol. The fourth-order valence-electron chi connectivity index (χ4n) is 1.55. The van der Waals surface area contributed by atoms with Crippen molar-refractivity contribution in [3.8, 4) is 11.5 Å². The number of rotatable bonds is 3. The molecule has 0 saturated heterocycles. The van der Waals surface area contributed by atoms with Gasteiger partial charge in [-0.2, -0.15) is 0 Å². The Morgan fingerprint density at radius 2 is 1.80 bits per heavy atom. The highest BCUT2D eigenvalue weighted by molar-refractivity contribution is 6.42. The van der Waals surface area contributed by atoms with E-state index in [-0.39, 0.29) is 23.7 Å². The summed E-state index contributed by atoms with van der Waals surface area (Å²) >= 11 is 11.6. The number of hydrogen-bond acceptors (Lipinski definition) is 4. The van der Waals surface area contributed by atoms with Crippen molar-refractivity contribution < 1.29 is 19.7 Å². The van der Waals surface area contributed by atoms with Crippen LogP contribution in [0.1, 0.15) is 15.9 Å². The smallest absolute Gasteiger partial charge is 0.342 e. The molecule has 2 aromatic carbocycles. The number of carbonyl (C=O) groups is 1. The monoisotopic (exact) mass is 312 g/mol. The molecule has 0 atom stereocenters. The van der Waals surface area contributed by atoms with E-state index in [1.807, 2.05) is 0 Å². The number of benzene rings is 2. The molecule has 0 amide bonds. The van der Waals surface area contributed by atoms with Gasteiger partial charge in [-0.05, 0) is 29.8 Å². The van der Waals surface area contributed by atoms with E-state index < -0.39 is 5.97 Å². The van der Waals surface area contributed by atoms with Gasteiger partial charge in [0.05, 0.1) is 10.0 Å². The van der Waals surface area contributed by atoms with Crippen LogP contribution < -0.4 is 0 Å². The fraction of sp³-hybridized carbons (Fsp3) is 0.0714. The molecule has 0 radical (unpaired) electrons. The van der Waals surface area contributed by atoms with E-state index in [2.05, 4.69) is 0 Å².